The Morgan fingerprint density at radius 2 is 1.09 bits per heavy atom. The van der Waals surface area contributed by atoms with Gasteiger partial charge in [0.15, 0.2) is 5.78 Å². The molecule has 0 amide bonds. The Labute approximate surface area is 343 Å². The molecule has 0 saturated carbocycles. The molecule has 272 valence electrons. The molecule has 1 unspecified atom stereocenters. The van der Waals surface area contributed by atoms with E-state index >= 15 is 0 Å². The van der Waals surface area contributed by atoms with Crippen LogP contribution >= 0.6 is 12.6 Å². The van der Waals surface area contributed by atoms with Crippen molar-refractivity contribution in [1.29, 1.82) is 0 Å². The first-order chi connectivity index (χ1) is 28.6. The minimum absolute atomic E-state index is 0.122. The average molecular weight is 757 g/mol. The van der Waals surface area contributed by atoms with Gasteiger partial charge in [0, 0.05) is 16.0 Å². The maximum Gasteiger partial charge on any atom is 0.189 e. The molecule has 0 N–H and O–H groups in total. The van der Waals surface area contributed by atoms with E-state index in [9.17, 15) is 4.79 Å². The quantitative estimate of drug-likeness (QED) is 0.105. The molecule has 0 heterocycles. The van der Waals surface area contributed by atoms with Gasteiger partial charge in [-0.2, -0.15) is 0 Å². The van der Waals surface area contributed by atoms with Crippen molar-refractivity contribution in [3.8, 4) is 44.5 Å². The van der Waals surface area contributed by atoms with Gasteiger partial charge in [0.1, 0.15) is 0 Å². The summed E-state index contributed by atoms with van der Waals surface area (Å²) < 4.78 is 0. The van der Waals surface area contributed by atoms with Gasteiger partial charge in [-0.05, 0) is 142 Å². The summed E-state index contributed by atoms with van der Waals surface area (Å²) in [6.45, 7) is 0. The molecule has 0 radical (unpaired) electrons. The number of hydrogen-bond acceptors (Lipinski definition) is 2. The first kappa shape index (κ1) is 33.4. The summed E-state index contributed by atoms with van der Waals surface area (Å²) in [6.07, 6.45) is 7.81. The maximum absolute atomic E-state index is 13.9. The summed E-state index contributed by atoms with van der Waals surface area (Å²) >= 11 is 4.81. The number of allylic oxidation sites excluding steroid dienone is 4. The third kappa shape index (κ3) is 4.64. The van der Waals surface area contributed by atoms with Crippen molar-refractivity contribution in [2.45, 2.75) is 23.2 Å². The van der Waals surface area contributed by atoms with E-state index in [2.05, 4.69) is 164 Å². The van der Waals surface area contributed by atoms with Gasteiger partial charge in [0.25, 0.3) is 0 Å². The van der Waals surface area contributed by atoms with Crippen molar-refractivity contribution >= 4 is 50.7 Å². The highest BCUT2D eigenvalue weighted by Crippen LogP contribution is 2.64. The molecule has 1 spiro atoms. The molecule has 0 bridgehead atoms. The average Bonchev–Trinajstić information content (AvgIpc) is 3.76. The Bertz CT molecular complexity index is 3310. The molecule has 1 atom stereocenters. The minimum Gasteiger partial charge on any atom is -0.289 e. The molecule has 3 aliphatic rings. The lowest BCUT2D eigenvalue weighted by Gasteiger charge is -2.31. The Kier molecular flexibility index (Phi) is 7.28. The van der Waals surface area contributed by atoms with E-state index in [4.69, 9.17) is 12.6 Å². The zero-order valence-electron chi connectivity index (χ0n) is 31.7. The lowest BCUT2D eigenvalue weighted by molar-refractivity contribution is 0.103. The number of Topliss-reactive ketones (excluding diaryl/α,β-unsaturated/α-hetero) is 1. The molecular weight excluding hydrogens is 721 g/mol. The highest BCUT2D eigenvalue weighted by Gasteiger charge is 2.51. The fourth-order valence-electron chi connectivity index (χ4n) is 10.5. The monoisotopic (exact) mass is 756 g/mol. The number of rotatable bonds is 5. The standard InChI is InChI=1S/C56H36OS/c57-55(35-14-5-2-6-15-35)40-26-27-42-45-19-10-21-48-53(45)54-46(47(42)31-40)20-11-22-49(54)56(48)50-32-37(34-12-3-1-4-13-34)24-28-43(50)44-29-25-38(33-51(44)56)36-16-9-17-39(30-36)41-18-7-8-23-52(41)58/h1-5,7-14,16-33,58H,6,15H2. The normalized spacial score (nSPS) is 16.1. The molecule has 9 aromatic rings. The van der Waals surface area contributed by atoms with E-state index in [-0.39, 0.29) is 5.78 Å². The molecule has 9 aromatic carbocycles. The number of hydrogen-bond donors (Lipinski definition) is 1. The van der Waals surface area contributed by atoms with Gasteiger partial charge in [0.05, 0.1) is 5.41 Å². The first-order valence-corrected chi connectivity index (χ1v) is 20.6. The van der Waals surface area contributed by atoms with Gasteiger partial charge < -0.3 is 0 Å². The zero-order chi connectivity index (χ0) is 38.5. The second kappa shape index (κ2) is 12.6. The largest absolute Gasteiger partial charge is 0.289 e. The van der Waals surface area contributed by atoms with Crippen LogP contribution in [0.25, 0.3) is 76.8 Å². The van der Waals surface area contributed by atoms with E-state index in [1.807, 2.05) is 24.3 Å². The molecule has 58 heavy (non-hydrogen) atoms. The molecule has 0 aromatic heterocycles. The minimum atomic E-state index is -0.558. The Morgan fingerprint density at radius 3 is 1.79 bits per heavy atom. The summed E-state index contributed by atoms with van der Waals surface area (Å²) in [5.41, 5.74) is 15.9. The van der Waals surface area contributed by atoms with Crippen molar-refractivity contribution in [1.82, 2.24) is 0 Å². The lowest BCUT2D eigenvalue weighted by atomic mass is 9.69. The fourth-order valence-corrected chi connectivity index (χ4v) is 10.8. The number of ketones is 1. The van der Waals surface area contributed by atoms with Crippen LogP contribution in [0.15, 0.2) is 199 Å². The van der Waals surface area contributed by atoms with E-state index < -0.39 is 5.41 Å². The van der Waals surface area contributed by atoms with Crippen molar-refractivity contribution in [3.05, 3.63) is 221 Å². The second-order valence-electron chi connectivity index (χ2n) is 15.9. The Balaban J connectivity index is 1.14. The molecule has 3 aliphatic carbocycles. The van der Waals surface area contributed by atoms with Crippen LogP contribution in [-0.2, 0) is 5.41 Å². The van der Waals surface area contributed by atoms with Crippen molar-refractivity contribution in [2.75, 3.05) is 0 Å². The van der Waals surface area contributed by atoms with Crippen LogP contribution in [0.5, 0.6) is 0 Å². The van der Waals surface area contributed by atoms with Gasteiger partial charge in [-0.1, -0.05) is 158 Å². The second-order valence-corrected chi connectivity index (χ2v) is 16.4. The maximum atomic E-state index is 13.9. The predicted molar refractivity (Wildman–Crippen MR) is 244 cm³/mol. The number of thiol groups is 1. The van der Waals surface area contributed by atoms with E-state index in [1.165, 1.54) is 82.6 Å². The van der Waals surface area contributed by atoms with Crippen molar-refractivity contribution in [2.24, 2.45) is 0 Å². The number of carbonyl (C=O) groups excluding carboxylic acids is 1. The van der Waals surface area contributed by atoms with Crippen molar-refractivity contribution < 1.29 is 4.79 Å². The van der Waals surface area contributed by atoms with Gasteiger partial charge in [0.2, 0.25) is 0 Å². The zero-order valence-corrected chi connectivity index (χ0v) is 32.6. The van der Waals surface area contributed by atoms with Crippen LogP contribution in [0.2, 0.25) is 0 Å². The third-order valence-electron chi connectivity index (χ3n) is 13.0. The summed E-state index contributed by atoms with van der Waals surface area (Å²) in [4.78, 5) is 14.9. The summed E-state index contributed by atoms with van der Waals surface area (Å²) in [7, 11) is 0. The predicted octanol–water partition coefficient (Wildman–Crippen LogP) is 14.6. The van der Waals surface area contributed by atoms with Gasteiger partial charge in [-0.15, -0.1) is 12.6 Å². The van der Waals surface area contributed by atoms with Crippen LogP contribution in [0.4, 0.5) is 0 Å². The Morgan fingerprint density at radius 1 is 0.466 bits per heavy atom. The highest BCUT2D eigenvalue weighted by atomic mass is 32.1. The molecule has 12 rings (SSSR count). The summed E-state index contributed by atoms with van der Waals surface area (Å²) in [6, 6.07) is 62.3. The summed E-state index contributed by atoms with van der Waals surface area (Å²) in [5, 5.41) is 7.32. The lowest BCUT2D eigenvalue weighted by Crippen LogP contribution is -2.26. The van der Waals surface area contributed by atoms with E-state index in [0.29, 0.717) is 0 Å². The number of carbonyl (C=O) groups is 1. The highest BCUT2D eigenvalue weighted by molar-refractivity contribution is 7.80. The van der Waals surface area contributed by atoms with Gasteiger partial charge in [-0.25, -0.2) is 0 Å². The molecule has 0 aliphatic heterocycles. The molecule has 0 saturated heterocycles. The topological polar surface area (TPSA) is 17.1 Å². The van der Waals surface area contributed by atoms with Gasteiger partial charge >= 0.3 is 0 Å². The van der Waals surface area contributed by atoms with Gasteiger partial charge in [-0.3, -0.25) is 4.79 Å². The first-order valence-electron chi connectivity index (χ1n) is 20.2. The number of fused-ring (bicyclic) bond motifs is 10. The van der Waals surface area contributed by atoms with Crippen LogP contribution in [0, 0.1) is 0 Å². The molecule has 2 heteroatoms. The smallest absolute Gasteiger partial charge is 0.189 e. The SMILES string of the molecule is O=C(C1=CC=CCC1)c1ccc2c(c1)c1cccc3c1c1c(cccc21)C31c2cc(-c3ccccc3)ccc2-c2ccc(-c3cccc(-c4ccccc4S)c3)cc21. The van der Waals surface area contributed by atoms with Crippen molar-refractivity contribution in [3.63, 3.8) is 0 Å². The third-order valence-corrected chi connectivity index (χ3v) is 13.4. The van der Waals surface area contributed by atoms with Crippen LogP contribution in [-0.4, -0.2) is 5.78 Å². The molecular formula is C56H36OS. The molecule has 1 nitrogen and oxygen atoms in total. The summed E-state index contributed by atoms with van der Waals surface area (Å²) in [5.74, 6) is 0.122. The molecule has 0 fully saturated rings. The van der Waals surface area contributed by atoms with E-state index in [1.54, 1.807) is 0 Å². The number of benzene rings is 9. The van der Waals surface area contributed by atoms with Crippen LogP contribution in [0.1, 0.15) is 45.5 Å². The van der Waals surface area contributed by atoms with E-state index in [0.717, 1.165) is 45.4 Å². The Hall–Kier alpha value is -6.74. The van der Waals surface area contributed by atoms with Crippen LogP contribution < -0.4 is 0 Å². The van der Waals surface area contributed by atoms with Crippen LogP contribution in [0.3, 0.4) is 0 Å². The fraction of sp³-hybridized carbons (Fsp3) is 0.0536.